The number of hydrogen-bond donors (Lipinski definition) is 0. The lowest BCUT2D eigenvalue weighted by atomic mass is 10.1. The fourth-order valence-electron chi connectivity index (χ4n) is 2.90. The van der Waals surface area contributed by atoms with Gasteiger partial charge >= 0.3 is 0 Å². The first kappa shape index (κ1) is 19.1. The van der Waals surface area contributed by atoms with E-state index in [0.717, 1.165) is 29.1 Å². The van der Waals surface area contributed by atoms with E-state index < -0.39 is 0 Å². The van der Waals surface area contributed by atoms with Crippen molar-refractivity contribution in [2.45, 2.75) is 6.54 Å². The van der Waals surface area contributed by atoms with Gasteiger partial charge in [0.2, 0.25) is 0 Å². The summed E-state index contributed by atoms with van der Waals surface area (Å²) in [6, 6.07) is 14.4. The summed E-state index contributed by atoms with van der Waals surface area (Å²) in [6.45, 7) is 2.12. The van der Waals surface area contributed by atoms with Crippen LogP contribution in [0.15, 0.2) is 54.7 Å². The highest BCUT2D eigenvalue weighted by Gasteiger charge is 2.15. The molecule has 0 spiro atoms. The van der Waals surface area contributed by atoms with Crippen LogP contribution >= 0.6 is 0 Å². The van der Waals surface area contributed by atoms with E-state index in [4.69, 9.17) is 9.47 Å². The number of aromatic nitrogens is 2. The van der Waals surface area contributed by atoms with Gasteiger partial charge in [-0.3, -0.25) is 4.90 Å². The third-order valence-corrected chi connectivity index (χ3v) is 4.37. The van der Waals surface area contributed by atoms with Crippen molar-refractivity contribution < 1.29 is 13.9 Å². The van der Waals surface area contributed by atoms with Crippen LogP contribution in [0.4, 0.5) is 4.39 Å². The van der Waals surface area contributed by atoms with Gasteiger partial charge in [0.15, 0.2) is 0 Å². The molecule has 0 saturated heterocycles. The van der Waals surface area contributed by atoms with Crippen LogP contribution in [0.2, 0.25) is 0 Å². The maximum atomic E-state index is 14.2. The minimum Gasteiger partial charge on any atom is -0.497 e. The van der Waals surface area contributed by atoms with Gasteiger partial charge in [0.25, 0.3) is 0 Å². The summed E-state index contributed by atoms with van der Waals surface area (Å²) < 4.78 is 26.2. The summed E-state index contributed by atoms with van der Waals surface area (Å²) in [7, 11) is 5.35. The van der Waals surface area contributed by atoms with Crippen molar-refractivity contribution in [3.8, 4) is 22.7 Å². The second-order valence-electron chi connectivity index (χ2n) is 6.36. The highest BCUT2D eigenvalue weighted by molar-refractivity contribution is 5.64. The van der Waals surface area contributed by atoms with Gasteiger partial charge in [-0.05, 0) is 43.4 Å². The number of nitrogens with zero attached hydrogens (tertiary/aromatic N) is 3. The zero-order chi connectivity index (χ0) is 19.2. The molecule has 0 N–H and O–H groups in total. The summed E-state index contributed by atoms with van der Waals surface area (Å²) in [6.07, 6.45) is 1.89. The van der Waals surface area contributed by atoms with Gasteiger partial charge in [0.05, 0.1) is 19.4 Å². The second-order valence-corrected chi connectivity index (χ2v) is 6.36. The molecule has 0 unspecified atom stereocenters. The summed E-state index contributed by atoms with van der Waals surface area (Å²) in [5.74, 6) is 0.478. The normalized spacial score (nSPS) is 11.1. The molecule has 0 aliphatic carbocycles. The molecule has 6 heteroatoms. The van der Waals surface area contributed by atoms with Crippen molar-refractivity contribution in [2.24, 2.45) is 0 Å². The molecule has 0 atom stereocenters. The number of halogens is 1. The Kier molecular flexibility index (Phi) is 6.21. The molecular weight excluding hydrogens is 345 g/mol. The molecule has 3 rings (SSSR count). The predicted octanol–water partition coefficient (Wildman–Crippen LogP) is 3.77. The molecule has 27 heavy (non-hydrogen) atoms. The smallest absolute Gasteiger partial charge is 0.148 e. The Morgan fingerprint density at radius 1 is 1.07 bits per heavy atom. The highest BCUT2D eigenvalue weighted by Crippen LogP contribution is 2.27. The largest absolute Gasteiger partial charge is 0.497 e. The third kappa shape index (κ3) is 4.53. The SMILES string of the molecule is COCCN(C)Cc1cn(-c2ccccc2F)nc1-c1ccc(OC)cc1. The average molecular weight is 369 g/mol. The molecule has 5 nitrogen and oxygen atoms in total. The first-order chi connectivity index (χ1) is 13.1. The molecule has 1 heterocycles. The van der Waals surface area contributed by atoms with Crippen molar-refractivity contribution in [3.05, 3.63) is 66.1 Å². The highest BCUT2D eigenvalue weighted by atomic mass is 19.1. The molecule has 3 aromatic rings. The number of likely N-dealkylation sites (N-methyl/N-ethyl adjacent to an activating group) is 1. The molecule has 0 aliphatic rings. The second kappa shape index (κ2) is 8.79. The maximum Gasteiger partial charge on any atom is 0.148 e. The van der Waals surface area contributed by atoms with Crippen LogP contribution in [-0.2, 0) is 11.3 Å². The summed E-state index contributed by atoms with van der Waals surface area (Å²) in [5, 5.41) is 4.68. The van der Waals surface area contributed by atoms with Crippen LogP contribution in [0.5, 0.6) is 5.75 Å². The first-order valence-corrected chi connectivity index (χ1v) is 8.77. The van der Waals surface area contributed by atoms with Gasteiger partial charge in [0, 0.05) is 37.5 Å². The number of hydrogen-bond acceptors (Lipinski definition) is 4. The van der Waals surface area contributed by atoms with Crippen molar-refractivity contribution in [1.82, 2.24) is 14.7 Å². The number of rotatable bonds is 8. The molecule has 0 radical (unpaired) electrons. The quantitative estimate of drug-likeness (QED) is 0.606. The van der Waals surface area contributed by atoms with Crippen molar-refractivity contribution in [1.29, 1.82) is 0 Å². The third-order valence-electron chi connectivity index (χ3n) is 4.37. The molecule has 1 aromatic heterocycles. The minimum absolute atomic E-state index is 0.305. The molecule has 0 aliphatic heterocycles. The van der Waals surface area contributed by atoms with Gasteiger partial charge in [-0.25, -0.2) is 9.07 Å². The van der Waals surface area contributed by atoms with E-state index in [0.29, 0.717) is 18.8 Å². The molecule has 0 fully saturated rings. The van der Waals surface area contributed by atoms with Gasteiger partial charge < -0.3 is 9.47 Å². The number of benzene rings is 2. The van der Waals surface area contributed by atoms with Crippen LogP contribution in [0, 0.1) is 5.82 Å². The average Bonchev–Trinajstić information content (AvgIpc) is 3.10. The summed E-state index contributed by atoms with van der Waals surface area (Å²) >= 11 is 0. The van der Waals surface area contributed by atoms with E-state index >= 15 is 0 Å². The molecule has 0 saturated carbocycles. The van der Waals surface area contributed by atoms with Crippen LogP contribution in [-0.4, -0.2) is 49.1 Å². The van der Waals surface area contributed by atoms with E-state index in [1.54, 1.807) is 37.1 Å². The Labute approximate surface area is 158 Å². The predicted molar refractivity (Wildman–Crippen MR) is 104 cm³/mol. The molecule has 142 valence electrons. The van der Waals surface area contributed by atoms with E-state index in [-0.39, 0.29) is 5.82 Å². The van der Waals surface area contributed by atoms with Crippen LogP contribution < -0.4 is 4.74 Å². The van der Waals surface area contributed by atoms with Gasteiger partial charge in [-0.15, -0.1) is 0 Å². The van der Waals surface area contributed by atoms with Gasteiger partial charge in [-0.1, -0.05) is 12.1 Å². The standard InChI is InChI=1S/C21H24FN3O2/c1-24(12-13-26-2)14-17-15-25(20-7-5-4-6-19(20)22)23-21(17)16-8-10-18(27-3)11-9-16/h4-11,15H,12-14H2,1-3H3. The van der Waals surface area contributed by atoms with Crippen LogP contribution in [0.1, 0.15) is 5.56 Å². The maximum absolute atomic E-state index is 14.2. The topological polar surface area (TPSA) is 39.5 Å². The Morgan fingerprint density at radius 3 is 2.48 bits per heavy atom. The molecule has 0 bridgehead atoms. The first-order valence-electron chi connectivity index (χ1n) is 8.77. The van der Waals surface area contributed by atoms with Crippen molar-refractivity contribution in [2.75, 3.05) is 34.4 Å². The number of para-hydroxylation sites is 1. The number of methoxy groups -OCH3 is 2. The molecule has 0 amide bonds. The lowest BCUT2D eigenvalue weighted by molar-refractivity contribution is 0.158. The van der Waals surface area contributed by atoms with E-state index in [2.05, 4.69) is 10.00 Å². The molecular formula is C21H24FN3O2. The van der Waals surface area contributed by atoms with Crippen molar-refractivity contribution >= 4 is 0 Å². The Balaban J connectivity index is 1.99. The van der Waals surface area contributed by atoms with Gasteiger partial charge in [0.1, 0.15) is 17.3 Å². The summed E-state index contributed by atoms with van der Waals surface area (Å²) in [4.78, 5) is 2.15. The van der Waals surface area contributed by atoms with E-state index in [9.17, 15) is 4.39 Å². The fraction of sp³-hybridized carbons (Fsp3) is 0.286. The minimum atomic E-state index is -0.305. The Bertz CT molecular complexity index is 877. The van der Waals surface area contributed by atoms with E-state index in [1.165, 1.54) is 6.07 Å². The zero-order valence-electron chi connectivity index (χ0n) is 15.9. The van der Waals surface area contributed by atoms with Crippen LogP contribution in [0.3, 0.4) is 0 Å². The Morgan fingerprint density at radius 2 is 1.81 bits per heavy atom. The van der Waals surface area contributed by atoms with E-state index in [1.807, 2.05) is 37.5 Å². The van der Waals surface area contributed by atoms with Gasteiger partial charge in [-0.2, -0.15) is 5.10 Å². The Hall–Kier alpha value is -2.70. The van der Waals surface area contributed by atoms with Crippen LogP contribution in [0.25, 0.3) is 16.9 Å². The monoisotopic (exact) mass is 369 g/mol. The lowest BCUT2D eigenvalue weighted by Crippen LogP contribution is -2.22. The molecule has 2 aromatic carbocycles. The lowest BCUT2D eigenvalue weighted by Gasteiger charge is -2.15. The number of ether oxygens (including phenoxy) is 2. The van der Waals surface area contributed by atoms with Crippen molar-refractivity contribution in [3.63, 3.8) is 0 Å². The zero-order valence-corrected chi connectivity index (χ0v) is 15.9. The fourth-order valence-corrected chi connectivity index (χ4v) is 2.90. The summed E-state index contributed by atoms with van der Waals surface area (Å²) in [5.41, 5.74) is 3.23.